The maximum Gasteiger partial charge on any atom is 0.124 e. The predicted octanol–water partition coefficient (Wildman–Crippen LogP) is 7.64. The highest BCUT2D eigenvalue weighted by Gasteiger charge is 2.38. The Labute approximate surface area is 199 Å². The van der Waals surface area contributed by atoms with E-state index in [0.717, 1.165) is 33.9 Å². The van der Waals surface area contributed by atoms with Crippen molar-refractivity contribution in [1.82, 2.24) is 9.55 Å². The van der Waals surface area contributed by atoms with Crippen LogP contribution < -0.4 is 0 Å². The summed E-state index contributed by atoms with van der Waals surface area (Å²) in [6.07, 6.45) is 3.92. The van der Waals surface area contributed by atoms with Gasteiger partial charge in [-0.1, -0.05) is 48.5 Å². The van der Waals surface area contributed by atoms with Gasteiger partial charge in [0.1, 0.15) is 5.75 Å². The van der Waals surface area contributed by atoms with Crippen molar-refractivity contribution in [3.63, 3.8) is 0 Å². The van der Waals surface area contributed by atoms with E-state index in [-0.39, 0.29) is 0 Å². The second-order valence-corrected chi connectivity index (χ2v) is 9.80. The molecule has 2 bridgehead atoms. The second-order valence-electron chi connectivity index (χ2n) is 9.80. The van der Waals surface area contributed by atoms with Crippen molar-refractivity contribution in [2.75, 3.05) is 0 Å². The van der Waals surface area contributed by atoms with E-state index in [1.807, 2.05) is 18.2 Å². The minimum Gasteiger partial charge on any atom is -0.507 e. The lowest BCUT2D eigenvalue weighted by atomic mass is 9.94. The number of aromatic nitrogens is 2. The second kappa shape index (κ2) is 7.33. The van der Waals surface area contributed by atoms with Crippen molar-refractivity contribution < 1.29 is 5.11 Å². The van der Waals surface area contributed by atoms with Crippen molar-refractivity contribution in [2.45, 2.75) is 31.1 Å². The van der Waals surface area contributed by atoms with E-state index >= 15 is 0 Å². The summed E-state index contributed by atoms with van der Waals surface area (Å²) in [5, 5.41) is 11.6. The van der Waals surface area contributed by atoms with Gasteiger partial charge < -0.3 is 9.67 Å². The van der Waals surface area contributed by atoms with Gasteiger partial charge >= 0.3 is 0 Å². The van der Waals surface area contributed by atoms with Gasteiger partial charge in [-0.3, -0.25) is 4.98 Å². The van der Waals surface area contributed by atoms with Crippen molar-refractivity contribution in [3.05, 3.63) is 96.2 Å². The molecule has 2 atom stereocenters. The van der Waals surface area contributed by atoms with E-state index in [2.05, 4.69) is 72.3 Å². The molecule has 3 aromatic carbocycles. The van der Waals surface area contributed by atoms with E-state index in [0.29, 0.717) is 11.7 Å². The number of aryl methyl sites for hydroxylation is 1. The molecule has 2 aliphatic rings. The summed E-state index contributed by atoms with van der Waals surface area (Å²) in [4.78, 5) is 5.14. The van der Waals surface area contributed by atoms with Gasteiger partial charge in [0.05, 0.1) is 11.4 Å². The van der Waals surface area contributed by atoms with Crippen molar-refractivity contribution in [3.8, 4) is 39.4 Å². The van der Waals surface area contributed by atoms with E-state index < -0.39 is 0 Å². The largest absolute Gasteiger partial charge is 0.507 e. The van der Waals surface area contributed by atoms with Gasteiger partial charge in [-0.2, -0.15) is 0 Å². The first-order valence-corrected chi connectivity index (χ1v) is 12.2. The van der Waals surface area contributed by atoms with E-state index in [1.165, 1.54) is 47.0 Å². The Morgan fingerprint density at radius 2 is 1.59 bits per heavy atom. The van der Waals surface area contributed by atoms with E-state index in [9.17, 15) is 5.11 Å². The molecule has 1 saturated carbocycles. The van der Waals surface area contributed by atoms with Crippen LogP contribution in [0.15, 0.2) is 84.9 Å². The smallest absolute Gasteiger partial charge is 0.124 e. The van der Waals surface area contributed by atoms with E-state index in [1.54, 1.807) is 6.07 Å². The minimum absolute atomic E-state index is 0.299. The highest BCUT2D eigenvalue weighted by Crippen LogP contribution is 2.52. The Morgan fingerprint density at radius 1 is 0.794 bits per heavy atom. The molecule has 1 fully saturated rings. The first kappa shape index (κ1) is 19.6. The fourth-order valence-electron chi connectivity index (χ4n) is 6.24. The van der Waals surface area contributed by atoms with Gasteiger partial charge in [0, 0.05) is 40.7 Å². The van der Waals surface area contributed by atoms with Crippen LogP contribution in [0.25, 0.3) is 44.5 Å². The van der Waals surface area contributed by atoms with Gasteiger partial charge in [-0.05, 0) is 78.3 Å². The number of phenolic OH excluding ortho intramolecular Hbond substituents is 1. The van der Waals surface area contributed by atoms with Gasteiger partial charge in [0.25, 0.3) is 0 Å². The zero-order valence-corrected chi connectivity index (χ0v) is 19.2. The van der Waals surface area contributed by atoms with Gasteiger partial charge in [0.2, 0.25) is 0 Å². The predicted molar refractivity (Wildman–Crippen MR) is 138 cm³/mol. The molecule has 3 nitrogen and oxygen atoms in total. The lowest BCUT2D eigenvalue weighted by Gasteiger charge is -2.15. The molecular weight excluding hydrogens is 416 g/mol. The molecular formula is C31H26N2O. The first-order chi connectivity index (χ1) is 16.7. The number of para-hydroxylation sites is 1. The molecule has 5 aromatic rings. The van der Waals surface area contributed by atoms with Crippen molar-refractivity contribution in [1.29, 1.82) is 0 Å². The summed E-state index contributed by atoms with van der Waals surface area (Å²) in [5.74, 6) is 1.70. The molecule has 2 aliphatic carbocycles. The Balaban J connectivity index is 1.34. The van der Waals surface area contributed by atoms with Crippen LogP contribution in [0, 0.1) is 0 Å². The van der Waals surface area contributed by atoms with E-state index in [4.69, 9.17) is 4.98 Å². The fourth-order valence-corrected chi connectivity index (χ4v) is 6.24. The van der Waals surface area contributed by atoms with Crippen LogP contribution >= 0.6 is 0 Å². The molecule has 1 N–H and O–H groups in total. The average molecular weight is 443 g/mol. The van der Waals surface area contributed by atoms with Gasteiger partial charge in [-0.25, -0.2) is 0 Å². The highest BCUT2D eigenvalue weighted by atomic mass is 16.3. The number of hydrogen-bond acceptors (Lipinski definition) is 2. The van der Waals surface area contributed by atoms with Crippen LogP contribution in [-0.4, -0.2) is 14.7 Å². The number of fused-ring (bicyclic) bond motifs is 6. The molecule has 0 saturated heterocycles. The van der Waals surface area contributed by atoms with Crippen LogP contribution in [0.4, 0.5) is 0 Å². The lowest BCUT2D eigenvalue weighted by molar-refractivity contribution is 0.477. The summed E-state index contributed by atoms with van der Waals surface area (Å²) in [6, 6.07) is 29.5. The van der Waals surface area contributed by atoms with Crippen LogP contribution in [0.5, 0.6) is 5.75 Å². The molecule has 7 rings (SSSR count). The molecule has 34 heavy (non-hydrogen) atoms. The van der Waals surface area contributed by atoms with Crippen LogP contribution in [0.1, 0.15) is 42.4 Å². The molecule has 0 aliphatic heterocycles. The molecule has 166 valence electrons. The Kier molecular flexibility index (Phi) is 4.22. The first-order valence-electron chi connectivity index (χ1n) is 12.2. The molecule has 2 unspecified atom stereocenters. The summed E-state index contributed by atoms with van der Waals surface area (Å²) in [6.45, 7) is 0. The average Bonchev–Trinajstić information content (AvgIpc) is 3.59. The van der Waals surface area contributed by atoms with Crippen LogP contribution in [-0.2, 0) is 7.05 Å². The zero-order chi connectivity index (χ0) is 22.8. The summed E-state index contributed by atoms with van der Waals surface area (Å²) in [5.41, 5.74) is 10.4. The van der Waals surface area contributed by atoms with Crippen molar-refractivity contribution >= 4 is 10.9 Å². The molecule has 0 amide bonds. The molecule has 2 heterocycles. The number of phenols is 1. The number of benzene rings is 3. The summed E-state index contributed by atoms with van der Waals surface area (Å²) < 4.78 is 2.16. The maximum atomic E-state index is 10.4. The van der Waals surface area contributed by atoms with Crippen LogP contribution in [0.3, 0.4) is 0 Å². The maximum absolute atomic E-state index is 10.4. The number of rotatable bonds is 3. The Morgan fingerprint density at radius 3 is 2.50 bits per heavy atom. The topological polar surface area (TPSA) is 38.0 Å². The third-order valence-corrected chi connectivity index (χ3v) is 7.95. The van der Waals surface area contributed by atoms with Crippen molar-refractivity contribution in [2.24, 2.45) is 7.05 Å². The molecule has 3 heteroatoms. The standard InChI is InChI=1S/C31H26N2O/c1-33-28-10-5-9-23(26(28)18-29(33)25-8-2-3-11-30(25)34)19-6-4-7-21(16-19)27-15-14-24-20-12-13-22(17-20)31(24)32-27/h2-11,14-16,18,20,22,34H,12-13,17H2,1H3. The summed E-state index contributed by atoms with van der Waals surface area (Å²) >= 11 is 0. The normalized spacial score (nSPS) is 18.5. The Bertz CT molecular complexity index is 1580. The SMILES string of the molecule is Cn1c(-c2ccccc2O)cc2c(-c3cccc(-c4ccc5c(n4)C4CCC5C4)c3)cccc21. The molecule has 2 aromatic heterocycles. The zero-order valence-electron chi connectivity index (χ0n) is 19.2. The lowest BCUT2D eigenvalue weighted by Crippen LogP contribution is -2.01. The highest BCUT2D eigenvalue weighted by molar-refractivity contribution is 5.99. The molecule has 0 spiro atoms. The van der Waals surface area contributed by atoms with Gasteiger partial charge in [0.15, 0.2) is 0 Å². The Hall–Kier alpha value is -3.85. The van der Waals surface area contributed by atoms with Gasteiger partial charge in [-0.15, -0.1) is 0 Å². The molecule has 0 radical (unpaired) electrons. The minimum atomic E-state index is 0.299. The fraction of sp³-hybridized carbons (Fsp3) is 0.194. The number of nitrogens with zero attached hydrogens (tertiary/aromatic N) is 2. The van der Waals surface area contributed by atoms with Crippen LogP contribution in [0.2, 0.25) is 0 Å². The number of pyridine rings is 1. The third kappa shape index (κ3) is 2.86. The number of hydrogen-bond donors (Lipinski definition) is 1. The monoisotopic (exact) mass is 442 g/mol. The summed E-state index contributed by atoms with van der Waals surface area (Å²) in [7, 11) is 2.06. The quantitative estimate of drug-likeness (QED) is 0.312. The number of aromatic hydroxyl groups is 1. The third-order valence-electron chi connectivity index (χ3n) is 7.95.